The summed E-state index contributed by atoms with van der Waals surface area (Å²) in [6.45, 7) is 4.96. The van der Waals surface area contributed by atoms with Crippen molar-refractivity contribution in [1.29, 1.82) is 0 Å². The molecule has 0 aliphatic heterocycles. The summed E-state index contributed by atoms with van der Waals surface area (Å²) >= 11 is 1.70. The molecule has 0 bridgehead atoms. The summed E-state index contributed by atoms with van der Waals surface area (Å²) in [7, 11) is 0. The average molecular weight is 232 g/mol. The van der Waals surface area contributed by atoms with Crippen LogP contribution in [0.5, 0.6) is 0 Å². The summed E-state index contributed by atoms with van der Waals surface area (Å²) in [5, 5.41) is 1.12. The van der Waals surface area contributed by atoms with E-state index in [4.69, 9.17) is 5.73 Å². The van der Waals surface area contributed by atoms with Crippen LogP contribution in [0.15, 0.2) is 36.5 Å². The van der Waals surface area contributed by atoms with Gasteiger partial charge in [-0.1, -0.05) is 30.3 Å². The average Bonchev–Trinajstić information content (AvgIpc) is 2.79. The Kier molecular flexibility index (Phi) is 3.08. The van der Waals surface area contributed by atoms with Crippen LogP contribution in [0.4, 0.5) is 0 Å². The van der Waals surface area contributed by atoms with E-state index in [0.29, 0.717) is 6.54 Å². The molecule has 0 radical (unpaired) electrons. The molecule has 2 nitrogen and oxygen atoms in total. The molecule has 0 amide bonds. The topological polar surface area (TPSA) is 38.9 Å². The molecule has 0 aliphatic rings. The van der Waals surface area contributed by atoms with Crippen molar-refractivity contribution in [2.45, 2.75) is 25.8 Å². The van der Waals surface area contributed by atoms with Crippen LogP contribution < -0.4 is 5.73 Å². The van der Waals surface area contributed by atoms with Gasteiger partial charge >= 0.3 is 0 Å². The van der Waals surface area contributed by atoms with E-state index >= 15 is 0 Å². The van der Waals surface area contributed by atoms with Crippen molar-refractivity contribution in [3.8, 4) is 0 Å². The number of benzene rings is 1. The molecule has 84 valence electrons. The molecule has 3 heteroatoms. The van der Waals surface area contributed by atoms with Gasteiger partial charge in [0, 0.05) is 23.0 Å². The fraction of sp³-hybridized carbons (Fsp3) is 0.308. The Morgan fingerprint density at radius 1 is 1.25 bits per heavy atom. The van der Waals surface area contributed by atoms with Crippen LogP contribution in [-0.4, -0.2) is 4.98 Å². The van der Waals surface area contributed by atoms with E-state index in [1.807, 2.05) is 12.3 Å². The second kappa shape index (κ2) is 4.36. The van der Waals surface area contributed by atoms with Crippen molar-refractivity contribution in [2.24, 2.45) is 5.73 Å². The Morgan fingerprint density at radius 2 is 1.94 bits per heavy atom. The van der Waals surface area contributed by atoms with E-state index in [1.165, 1.54) is 5.56 Å². The van der Waals surface area contributed by atoms with E-state index in [2.05, 4.69) is 43.1 Å². The summed E-state index contributed by atoms with van der Waals surface area (Å²) < 4.78 is 0. The molecule has 16 heavy (non-hydrogen) atoms. The van der Waals surface area contributed by atoms with E-state index < -0.39 is 0 Å². The molecule has 1 heterocycles. The molecule has 2 N–H and O–H groups in total. The molecule has 0 aliphatic carbocycles. The Labute approximate surface area is 100 Å². The highest BCUT2D eigenvalue weighted by Crippen LogP contribution is 2.33. The minimum atomic E-state index is -0.0423. The number of thiazole rings is 1. The number of aromatic nitrogens is 1. The third-order valence-corrected chi connectivity index (χ3v) is 4.13. The van der Waals surface area contributed by atoms with Crippen molar-refractivity contribution < 1.29 is 0 Å². The zero-order chi connectivity index (χ0) is 11.6. The Bertz CT molecular complexity index is 460. The van der Waals surface area contributed by atoms with Gasteiger partial charge in [-0.05, 0) is 19.4 Å². The lowest BCUT2D eigenvalue weighted by atomic mass is 9.85. The highest BCUT2D eigenvalue weighted by Gasteiger charge is 2.26. The van der Waals surface area contributed by atoms with Crippen molar-refractivity contribution in [2.75, 3.05) is 0 Å². The summed E-state index contributed by atoms with van der Waals surface area (Å²) in [6, 6.07) is 10.4. The van der Waals surface area contributed by atoms with E-state index in [-0.39, 0.29) is 5.41 Å². The van der Waals surface area contributed by atoms with Gasteiger partial charge in [0.15, 0.2) is 0 Å². The van der Waals surface area contributed by atoms with Gasteiger partial charge in [0.05, 0.1) is 0 Å². The van der Waals surface area contributed by atoms with Crippen LogP contribution >= 0.6 is 11.3 Å². The van der Waals surface area contributed by atoms with E-state index in [0.717, 1.165) is 9.88 Å². The molecule has 2 aromatic rings. The van der Waals surface area contributed by atoms with Crippen molar-refractivity contribution in [3.05, 3.63) is 52.0 Å². The molecule has 0 spiro atoms. The first-order valence-electron chi connectivity index (χ1n) is 5.35. The number of hydrogen-bond acceptors (Lipinski definition) is 3. The maximum atomic E-state index is 5.62. The van der Waals surface area contributed by atoms with Gasteiger partial charge in [0.2, 0.25) is 0 Å². The maximum absolute atomic E-state index is 5.62. The first kappa shape index (κ1) is 11.3. The van der Waals surface area contributed by atoms with Gasteiger partial charge in [0.1, 0.15) is 5.01 Å². The summed E-state index contributed by atoms with van der Waals surface area (Å²) in [5.41, 5.74) is 6.86. The molecule has 0 saturated heterocycles. The molecule has 0 atom stereocenters. The number of nitrogens with two attached hydrogens (primary N) is 1. The fourth-order valence-corrected chi connectivity index (χ4v) is 2.58. The SMILES string of the molecule is CC(C)(c1ccccc1)c1ncc(CN)s1. The summed E-state index contributed by atoms with van der Waals surface area (Å²) in [4.78, 5) is 5.61. The zero-order valence-corrected chi connectivity index (χ0v) is 10.4. The van der Waals surface area contributed by atoms with E-state index in [1.54, 1.807) is 11.3 Å². The van der Waals surface area contributed by atoms with Crippen molar-refractivity contribution in [3.63, 3.8) is 0 Å². The highest BCUT2D eigenvalue weighted by atomic mass is 32.1. The normalized spacial score (nSPS) is 11.7. The number of rotatable bonds is 3. The number of hydrogen-bond donors (Lipinski definition) is 1. The van der Waals surface area contributed by atoms with Crippen LogP contribution in [0.2, 0.25) is 0 Å². The van der Waals surface area contributed by atoms with Crippen LogP contribution in [0.3, 0.4) is 0 Å². The van der Waals surface area contributed by atoms with E-state index in [9.17, 15) is 0 Å². The monoisotopic (exact) mass is 232 g/mol. The molecular weight excluding hydrogens is 216 g/mol. The Hall–Kier alpha value is -1.19. The third-order valence-electron chi connectivity index (χ3n) is 2.78. The second-order valence-electron chi connectivity index (χ2n) is 4.33. The van der Waals surface area contributed by atoms with Gasteiger partial charge in [-0.15, -0.1) is 11.3 Å². The highest BCUT2D eigenvalue weighted by molar-refractivity contribution is 7.11. The smallest absolute Gasteiger partial charge is 0.103 e. The van der Waals surface area contributed by atoms with Gasteiger partial charge in [-0.3, -0.25) is 0 Å². The Morgan fingerprint density at radius 3 is 2.50 bits per heavy atom. The molecular formula is C13H16N2S. The largest absolute Gasteiger partial charge is 0.326 e. The van der Waals surface area contributed by atoms with Crippen LogP contribution in [0.25, 0.3) is 0 Å². The lowest BCUT2D eigenvalue weighted by Crippen LogP contribution is -2.18. The second-order valence-corrected chi connectivity index (χ2v) is 5.44. The number of nitrogens with zero attached hydrogens (tertiary/aromatic N) is 1. The summed E-state index contributed by atoms with van der Waals surface area (Å²) in [6.07, 6.45) is 1.88. The lowest BCUT2D eigenvalue weighted by Gasteiger charge is -2.22. The minimum Gasteiger partial charge on any atom is -0.326 e. The van der Waals surface area contributed by atoms with Crippen molar-refractivity contribution in [1.82, 2.24) is 4.98 Å². The quantitative estimate of drug-likeness (QED) is 0.883. The van der Waals surface area contributed by atoms with Gasteiger partial charge < -0.3 is 5.73 Å². The van der Waals surface area contributed by atoms with Gasteiger partial charge in [0.25, 0.3) is 0 Å². The minimum absolute atomic E-state index is 0.0423. The fourth-order valence-electron chi connectivity index (χ4n) is 1.67. The first-order valence-corrected chi connectivity index (χ1v) is 6.17. The maximum Gasteiger partial charge on any atom is 0.103 e. The molecule has 0 unspecified atom stereocenters. The Balaban J connectivity index is 2.38. The van der Waals surface area contributed by atoms with Crippen LogP contribution in [0, 0.1) is 0 Å². The summed E-state index contributed by atoms with van der Waals surface area (Å²) in [5.74, 6) is 0. The molecule has 0 saturated carbocycles. The van der Waals surface area contributed by atoms with Crippen LogP contribution in [-0.2, 0) is 12.0 Å². The molecule has 2 rings (SSSR count). The molecule has 1 aromatic heterocycles. The first-order chi connectivity index (χ1) is 7.64. The molecule has 0 fully saturated rings. The van der Waals surface area contributed by atoms with Crippen molar-refractivity contribution >= 4 is 11.3 Å². The standard InChI is InChI=1S/C13H16N2S/c1-13(2,10-6-4-3-5-7-10)12-15-9-11(8-14)16-12/h3-7,9H,8,14H2,1-2H3. The third kappa shape index (κ3) is 2.01. The van der Waals surface area contributed by atoms with Crippen LogP contribution in [0.1, 0.15) is 29.3 Å². The van der Waals surface area contributed by atoms with Gasteiger partial charge in [-0.25, -0.2) is 4.98 Å². The molecule has 1 aromatic carbocycles. The predicted octanol–water partition coefficient (Wildman–Crippen LogP) is 2.93. The zero-order valence-electron chi connectivity index (χ0n) is 9.60. The predicted molar refractivity (Wildman–Crippen MR) is 68.6 cm³/mol. The lowest BCUT2D eigenvalue weighted by molar-refractivity contribution is 0.635. The van der Waals surface area contributed by atoms with Gasteiger partial charge in [-0.2, -0.15) is 0 Å².